The summed E-state index contributed by atoms with van der Waals surface area (Å²) in [7, 11) is 0. The highest BCUT2D eigenvalue weighted by Gasteiger charge is 2.29. The summed E-state index contributed by atoms with van der Waals surface area (Å²) in [4.78, 5) is 15.6. The summed E-state index contributed by atoms with van der Waals surface area (Å²) in [6, 6.07) is 3.77. The standard InChI is InChI=1S/C15H17N3O3/c1-9(17-11-5-2-6-11)14-12(15(19)20)13(18-21-14)10-4-3-7-16-8-10/h3-4,7-9,11,17H,2,5-6H2,1H3,(H,19,20). The van der Waals surface area contributed by atoms with Crippen LogP contribution in [0.4, 0.5) is 0 Å². The van der Waals surface area contributed by atoms with Crippen LogP contribution in [0, 0.1) is 0 Å². The Bertz CT molecular complexity index is 635. The van der Waals surface area contributed by atoms with Crippen molar-refractivity contribution in [3.05, 3.63) is 35.9 Å². The first-order valence-corrected chi connectivity index (χ1v) is 7.06. The van der Waals surface area contributed by atoms with E-state index < -0.39 is 5.97 Å². The van der Waals surface area contributed by atoms with Crippen LogP contribution in [0.5, 0.6) is 0 Å². The van der Waals surface area contributed by atoms with Crippen molar-refractivity contribution in [3.8, 4) is 11.3 Å². The van der Waals surface area contributed by atoms with Gasteiger partial charge >= 0.3 is 5.97 Å². The first-order valence-electron chi connectivity index (χ1n) is 7.06. The lowest BCUT2D eigenvalue weighted by atomic mass is 9.92. The third-order valence-electron chi connectivity index (χ3n) is 3.85. The summed E-state index contributed by atoms with van der Waals surface area (Å²) in [6.45, 7) is 1.90. The number of rotatable bonds is 5. The summed E-state index contributed by atoms with van der Waals surface area (Å²) in [5, 5.41) is 16.8. The number of carbonyl (C=O) groups is 1. The van der Waals surface area contributed by atoms with E-state index in [0.717, 1.165) is 12.8 Å². The largest absolute Gasteiger partial charge is 0.477 e. The number of nitrogens with zero attached hydrogens (tertiary/aromatic N) is 2. The fourth-order valence-electron chi connectivity index (χ4n) is 2.51. The summed E-state index contributed by atoms with van der Waals surface area (Å²) >= 11 is 0. The second kappa shape index (κ2) is 5.65. The van der Waals surface area contributed by atoms with Gasteiger partial charge in [-0.2, -0.15) is 0 Å². The third kappa shape index (κ3) is 2.67. The van der Waals surface area contributed by atoms with Gasteiger partial charge in [0.05, 0.1) is 6.04 Å². The van der Waals surface area contributed by atoms with Crippen molar-refractivity contribution < 1.29 is 14.4 Å². The number of hydrogen-bond acceptors (Lipinski definition) is 5. The lowest BCUT2D eigenvalue weighted by Crippen LogP contribution is -2.37. The average molecular weight is 287 g/mol. The first-order chi connectivity index (χ1) is 10.2. The highest BCUT2D eigenvalue weighted by atomic mass is 16.5. The van der Waals surface area contributed by atoms with E-state index in [1.54, 1.807) is 24.5 Å². The normalized spacial score (nSPS) is 16.4. The summed E-state index contributed by atoms with van der Waals surface area (Å²) in [5.41, 5.74) is 1.08. The highest BCUT2D eigenvalue weighted by Crippen LogP contribution is 2.30. The van der Waals surface area contributed by atoms with Crippen molar-refractivity contribution in [2.75, 3.05) is 0 Å². The summed E-state index contributed by atoms with van der Waals surface area (Å²) in [6.07, 6.45) is 6.67. The minimum absolute atomic E-state index is 0.113. The molecule has 3 rings (SSSR count). The van der Waals surface area contributed by atoms with Gasteiger partial charge in [0.15, 0.2) is 5.76 Å². The zero-order valence-electron chi connectivity index (χ0n) is 11.7. The van der Waals surface area contributed by atoms with Crippen molar-refractivity contribution in [2.24, 2.45) is 0 Å². The molecule has 6 heteroatoms. The Labute approximate surface area is 122 Å². The quantitative estimate of drug-likeness (QED) is 0.879. The zero-order valence-corrected chi connectivity index (χ0v) is 11.7. The number of hydrogen-bond donors (Lipinski definition) is 2. The molecular weight excluding hydrogens is 270 g/mol. The molecule has 6 nitrogen and oxygen atoms in total. The van der Waals surface area contributed by atoms with Gasteiger partial charge in [-0.15, -0.1) is 0 Å². The number of nitrogens with one attached hydrogen (secondary N) is 1. The number of pyridine rings is 1. The molecule has 2 aromatic rings. The monoisotopic (exact) mass is 287 g/mol. The van der Waals surface area contributed by atoms with E-state index in [-0.39, 0.29) is 11.6 Å². The fraction of sp³-hybridized carbons (Fsp3) is 0.400. The molecule has 0 radical (unpaired) electrons. The molecule has 0 spiro atoms. The van der Waals surface area contributed by atoms with Crippen LogP contribution in [-0.4, -0.2) is 27.3 Å². The van der Waals surface area contributed by atoms with Crippen molar-refractivity contribution >= 4 is 5.97 Å². The third-order valence-corrected chi connectivity index (χ3v) is 3.85. The molecule has 1 aliphatic carbocycles. The number of aromatic nitrogens is 2. The van der Waals surface area contributed by atoms with Crippen LogP contribution < -0.4 is 5.32 Å². The van der Waals surface area contributed by atoms with E-state index in [4.69, 9.17) is 4.52 Å². The maximum absolute atomic E-state index is 11.6. The van der Waals surface area contributed by atoms with Crippen LogP contribution in [0.15, 0.2) is 29.0 Å². The molecule has 0 aromatic carbocycles. The van der Waals surface area contributed by atoms with Crippen molar-refractivity contribution in [1.29, 1.82) is 0 Å². The van der Waals surface area contributed by atoms with Crippen LogP contribution in [0.25, 0.3) is 11.3 Å². The van der Waals surface area contributed by atoms with Gasteiger partial charge in [-0.05, 0) is 31.9 Å². The Kier molecular flexibility index (Phi) is 3.70. The molecular formula is C15H17N3O3. The SMILES string of the molecule is CC(NC1CCC1)c1onc(-c2cccnc2)c1C(=O)O. The minimum Gasteiger partial charge on any atom is -0.477 e. The van der Waals surface area contributed by atoms with Crippen LogP contribution in [-0.2, 0) is 0 Å². The van der Waals surface area contributed by atoms with Crippen molar-refractivity contribution in [3.63, 3.8) is 0 Å². The van der Waals surface area contributed by atoms with Crippen molar-refractivity contribution in [1.82, 2.24) is 15.5 Å². The molecule has 1 aliphatic rings. The Balaban J connectivity index is 1.94. The highest BCUT2D eigenvalue weighted by molar-refractivity contribution is 5.95. The van der Waals surface area contributed by atoms with Crippen LogP contribution >= 0.6 is 0 Å². The molecule has 1 atom stereocenters. The zero-order chi connectivity index (χ0) is 14.8. The smallest absolute Gasteiger partial charge is 0.341 e. The van der Waals surface area contributed by atoms with E-state index in [1.807, 2.05) is 6.92 Å². The Morgan fingerprint density at radius 2 is 2.33 bits per heavy atom. The first kappa shape index (κ1) is 13.8. The molecule has 110 valence electrons. The van der Waals surface area contributed by atoms with Gasteiger partial charge in [-0.1, -0.05) is 11.6 Å². The van der Waals surface area contributed by atoms with Crippen LogP contribution in [0.2, 0.25) is 0 Å². The van der Waals surface area contributed by atoms with Crippen LogP contribution in [0.1, 0.15) is 48.3 Å². The lowest BCUT2D eigenvalue weighted by Gasteiger charge is -2.29. The van der Waals surface area contributed by atoms with E-state index in [2.05, 4.69) is 15.5 Å². The summed E-state index contributed by atoms with van der Waals surface area (Å²) < 4.78 is 5.32. The Morgan fingerprint density at radius 3 is 2.90 bits per heavy atom. The van der Waals surface area contributed by atoms with Gasteiger partial charge < -0.3 is 14.9 Å². The second-order valence-corrected chi connectivity index (χ2v) is 5.33. The minimum atomic E-state index is -1.03. The summed E-state index contributed by atoms with van der Waals surface area (Å²) in [5.74, 6) is -0.666. The van der Waals surface area contributed by atoms with E-state index >= 15 is 0 Å². The van der Waals surface area contributed by atoms with Gasteiger partial charge in [-0.3, -0.25) is 4.98 Å². The molecule has 0 amide bonds. The lowest BCUT2D eigenvalue weighted by molar-refractivity contribution is 0.0693. The molecule has 2 N–H and O–H groups in total. The number of aromatic carboxylic acids is 1. The predicted molar refractivity (Wildman–Crippen MR) is 75.9 cm³/mol. The maximum atomic E-state index is 11.6. The van der Waals surface area contributed by atoms with E-state index in [9.17, 15) is 9.90 Å². The van der Waals surface area contributed by atoms with Gasteiger partial charge in [0.1, 0.15) is 11.3 Å². The number of carboxylic acid groups (broad SMARTS) is 1. The molecule has 0 aliphatic heterocycles. The Hall–Kier alpha value is -2.21. The average Bonchev–Trinajstić information content (AvgIpc) is 2.88. The van der Waals surface area contributed by atoms with Gasteiger partial charge in [0.25, 0.3) is 0 Å². The van der Waals surface area contributed by atoms with Crippen molar-refractivity contribution in [2.45, 2.75) is 38.3 Å². The second-order valence-electron chi connectivity index (χ2n) is 5.33. The molecule has 21 heavy (non-hydrogen) atoms. The van der Waals surface area contributed by atoms with Crippen LogP contribution in [0.3, 0.4) is 0 Å². The molecule has 0 saturated heterocycles. The van der Waals surface area contributed by atoms with E-state index in [0.29, 0.717) is 23.1 Å². The molecule has 1 fully saturated rings. The molecule has 1 saturated carbocycles. The van der Waals surface area contributed by atoms with Gasteiger partial charge in [-0.25, -0.2) is 4.79 Å². The number of carboxylic acids is 1. The molecule has 0 bridgehead atoms. The van der Waals surface area contributed by atoms with Gasteiger partial charge in [0.2, 0.25) is 0 Å². The van der Waals surface area contributed by atoms with E-state index in [1.165, 1.54) is 6.42 Å². The topological polar surface area (TPSA) is 88.3 Å². The molecule has 2 aromatic heterocycles. The maximum Gasteiger partial charge on any atom is 0.341 e. The molecule has 2 heterocycles. The Morgan fingerprint density at radius 1 is 1.52 bits per heavy atom. The van der Waals surface area contributed by atoms with Gasteiger partial charge in [0, 0.05) is 24.0 Å². The predicted octanol–water partition coefficient (Wildman–Crippen LogP) is 2.64. The fourth-order valence-corrected chi connectivity index (χ4v) is 2.51. The molecule has 1 unspecified atom stereocenters.